The number of amides is 5. The Kier molecular flexibility index (Phi) is 41.8. The Balaban J connectivity index is 1.61. The predicted octanol–water partition coefficient (Wildman–Crippen LogP) is 19.0. The van der Waals surface area contributed by atoms with Crippen molar-refractivity contribution in [2.45, 2.75) is 516 Å². The van der Waals surface area contributed by atoms with Crippen LogP contribution < -0.4 is 5.32 Å². The summed E-state index contributed by atoms with van der Waals surface area (Å²) in [6.45, 7) is 49.4. The van der Waals surface area contributed by atoms with Gasteiger partial charge in [-0.3, -0.25) is 43.3 Å². The van der Waals surface area contributed by atoms with E-state index in [2.05, 4.69) is 39.9 Å². The van der Waals surface area contributed by atoms with Crippen LogP contribution in [-0.2, 0) is 71.6 Å². The SMILES string of the molecule is CCCCCCCC(=O)N1C(C)(C)CC(OC(=O)CNCC[N+](CCN(CC(=O)OC2CC(C)(C)N(C(=O)CCCCCCC)C(C)(C)C2)CC(=O)OC2CC(C)(C)N(C(=O)CCCCCCC)C(C)(C)C2)(CC(=O)OC2CC(C)(C)N(C(=O)CCCCCCC)C(C)(C)C2)CC(=O)OC2CC(C)(C)N(C(=O)CCCCCCC)C(C)(C)C2)CC1(C)C. The summed E-state index contributed by atoms with van der Waals surface area (Å²) < 4.78 is 32.6. The summed E-state index contributed by atoms with van der Waals surface area (Å²) >= 11 is 0. The lowest BCUT2D eigenvalue weighted by Crippen LogP contribution is -2.65. The number of ether oxygens (including phenoxy) is 5. The zero-order valence-corrected chi connectivity index (χ0v) is 82.3. The minimum absolute atomic E-state index is 0.0179. The van der Waals surface area contributed by atoms with E-state index in [0.29, 0.717) is 96.3 Å². The van der Waals surface area contributed by atoms with Gasteiger partial charge in [0.15, 0.2) is 13.1 Å². The lowest BCUT2D eigenvalue weighted by atomic mass is 9.77. The number of hydrogen-bond donors (Lipinski definition) is 1. The third-order valence-corrected chi connectivity index (χ3v) is 27.1. The molecule has 0 aromatic heterocycles. The van der Waals surface area contributed by atoms with Gasteiger partial charge in [0.25, 0.3) is 0 Å². The van der Waals surface area contributed by atoms with Crippen molar-refractivity contribution >= 4 is 59.4 Å². The minimum atomic E-state index is -0.726. The number of unbranched alkanes of at least 4 members (excludes halogenated alkanes) is 20. The average Bonchev–Trinajstić information content (AvgIpc) is 0.778. The first kappa shape index (κ1) is 107. The van der Waals surface area contributed by atoms with Crippen molar-refractivity contribution in [3.05, 3.63) is 0 Å². The maximum atomic E-state index is 15.7. The van der Waals surface area contributed by atoms with E-state index in [1.807, 2.05) is 163 Å². The first-order valence-corrected chi connectivity index (χ1v) is 48.7. The number of nitrogens with zero attached hydrogens (tertiary/aromatic N) is 7. The fraction of sp³-hybridized carbons (Fsp3) is 0.899. The number of likely N-dealkylation sites (tertiary alicyclic amines) is 5. The van der Waals surface area contributed by atoms with Crippen LogP contribution in [0.15, 0.2) is 0 Å². The Labute approximate surface area is 741 Å². The molecule has 704 valence electrons. The molecule has 0 aromatic rings. The molecule has 5 saturated heterocycles. The van der Waals surface area contributed by atoms with Crippen LogP contribution in [0.2, 0.25) is 0 Å². The molecule has 1 N–H and O–H groups in total. The molecule has 0 saturated carbocycles. The van der Waals surface area contributed by atoms with E-state index >= 15 is 19.2 Å². The number of piperidine rings is 5. The third kappa shape index (κ3) is 33.0. The first-order valence-electron chi connectivity index (χ1n) is 48.7. The van der Waals surface area contributed by atoms with E-state index in [4.69, 9.17) is 23.7 Å². The Morgan fingerprint density at radius 3 is 0.689 bits per heavy atom. The highest BCUT2D eigenvalue weighted by Gasteiger charge is 2.55. The second-order valence-electron chi connectivity index (χ2n) is 44.2. The van der Waals surface area contributed by atoms with Crippen LogP contribution in [0.4, 0.5) is 0 Å². The van der Waals surface area contributed by atoms with Crippen LogP contribution in [0.1, 0.15) is 430 Å². The van der Waals surface area contributed by atoms with E-state index in [9.17, 15) is 28.8 Å². The van der Waals surface area contributed by atoms with Crippen molar-refractivity contribution in [1.29, 1.82) is 0 Å². The summed E-state index contributed by atoms with van der Waals surface area (Å²) in [5.74, 6) is -2.66. The highest BCUT2D eigenvalue weighted by molar-refractivity contribution is 5.81. The lowest BCUT2D eigenvalue weighted by Gasteiger charge is -2.55. The molecule has 23 nitrogen and oxygen atoms in total. The van der Waals surface area contributed by atoms with Crippen LogP contribution in [0, 0.1) is 0 Å². The number of rotatable bonds is 51. The molecule has 0 spiro atoms. The Morgan fingerprint density at radius 2 is 0.475 bits per heavy atom. The van der Waals surface area contributed by atoms with Crippen LogP contribution in [0.3, 0.4) is 0 Å². The zero-order chi connectivity index (χ0) is 91.5. The van der Waals surface area contributed by atoms with Crippen LogP contribution in [-0.4, -0.2) is 238 Å². The fourth-order valence-electron chi connectivity index (χ4n) is 23.3. The van der Waals surface area contributed by atoms with Gasteiger partial charge in [0.2, 0.25) is 29.5 Å². The molecule has 0 atom stereocenters. The second kappa shape index (κ2) is 47.6. The maximum absolute atomic E-state index is 15.7. The number of nitrogens with one attached hydrogen (secondary N) is 1. The minimum Gasteiger partial charge on any atom is -0.461 e. The Hall–Kier alpha value is -5.42. The van der Waals surface area contributed by atoms with Gasteiger partial charge in [0.05, 0.1) is 32.7 Å². The van der Waals surface area contributed by atoms with E-state index in [0.717, 1.165) is 161 Å². The molecule has 5 aliphatic rings. The predicted molar refractivity (Wildman–Crippen MR) is 487 cm³/mol. The number of hydrogen-bond acceptors (Lipinski definition) is 17. The molecular formula is C99H179N8O15+. The third-order valence-electron chi connectivity index (χ3n) is 27.1. The summed E-state index contributed by atoms with van der Waals surface area (Å²) in [6.07, 6.45) is 28.0. The van der Waals surface area contributed by atoms with Gasteiger partial charge in [-0.1, -0.05) is 163 Å². The molecule has 0 aliphatic carbocycles. The molecular weight excluding hydrogens is 1540 g/mol. The summed E-state index contributed by atoms with van der Waals surface area (Å²) in [7, 11) is 0. The van der Waals surface area contributed by atoms with Gasteiger partial charge < -0.3 is 58.0 Å². The van der Waals surface area contributed by atoms with Crippen molar-refractivity contribution in [3.63, 3.8) is 0 Å². The average molecular weight is 1720 g/mol. The molecule has 0 aromatic carbocycles. The van der Waals surface area contributed by atoms with Crippen molar-refractivity contribution in [3.8, 4) is 0 Å². The molecule has 122 heavy (non-hydrogen) atoms. The Bertz CT molecular complexity index is 3080. The van der Waals surface area contributed by atoms with Gasteiger partial charge in [-0.2, -0.15) is 0 Å². The largest absolute Gasteiger partial charge is 0.461 e. The van der Waals surface area contributed by atoms with E-state index in [1.54, 1.807) is 4.90 Å². The summed E-state index contributed by atoms with van der Waals surface area (Å²) in [6, 6.07) is 0. The quantitative estimate of drug-likeness (QED) is 0.0257. The number of carbonyl (C=O) groups is 10. The second-order valence-corrected chi connectivity index (χ2v) is 44.2. The van der Waals surface area contributed by atoms with Crippen molar-refractivity contribution in [2.24, 2.45) is 0 Å². The van der Waals surface area contributed by atoms with Gasteiger partial charge in [-0.05, 0) is 171 Å². The van der Waals surface area contributed by atoms with Gasteiger partial charge in [0.1, 0.15) is 30.5 Å². The van der Waals surface area contributed by atoms with Gasteiger partial charge in [0, 0.05) is 165 Å². The maximum Gasteiger partial charge on any atom is 0.362 e. The standard InChI is InChI=1S/C99H179N8O15/c1-26-31-36-41-46-51-80(108)102-90(6,7)60-75(61-91(102,8)9)118-85(113)70-100-56-58-107(73-88(116)121-78-66-96(18,19)105(97(20,21)67-78)83(111)54-49-44-39-34-29-4,74-89(117)122-79-68-98(22,23)106(99(24,25)69-79)84(112)55-50-45-40-35-30-5)59-57-101(71-86(114)119-76-62-92(10,11)103(93(12,13)63-76)81(109)52-47-42-37-32-27-2)72-87(115)120-77-64-94(14,15)104(95(16,17)65-77)82(110)53-48-43-38-33-28-3/h75-79,100H,26-74H2,1-25H3/q+1. The normalized spacial score (nSPS) is 20.7. The van der Waals surface area contributed by atoms with E-state index in [-0.39, 0.29) is 66.7 Å². The molecule has 5 heterocycles. The van der Waals surface area contributed by atoms with Crippen molar-refractivity contribution in [1.82, 2.24) is 34.7 Å². The molecule has 5 amide bonds. The highest BCUT2D eigenvalue weighted by atomic mass is 16.6. The topological polar surface area (TPSA) is 248 Å². The number of esters is 5. The highest BCUT2D eigenvalue weighted by Crippen LogP contribution is 2.46. The number of carbonyl (C=O) groups excluding carboxylic acids is 10. The van der Waals surface area contributed by atoms with Crippen molar-refractivity contribution in [2.75, 3.05) is 58.9 Å². The number of quaternary nitrogens is 1. The first-order chi connectivity index (χ1) is 56.8. The van der Waals surface area contributed by atoms with E-state index in [1.165, 1.54) is 0 Å². The summed E-state index contributed by atoms with van der Waals surface area (Å²) in [4.78, 5) is 159. The Morgan fingerprint density at radius 1 is 0.279 bits per heavy atom. The van der Waals surface area contributed by atoms with Gasteiger partial charge >= 0.3 is 29.8 Å². The van der Waals surface area contributed by atoms with Crippen LogP contribution in [0.25, 0.3) is 0 Å². The molecule has 5 aliphatic heterocycles. The zero-order valence-electron chi connectivity index (χ0n) is 82.3. The smallest absolute Gasteiger partial charge is 0.362 e. The van der Waals surface area contributed by atoms with Gasteiger partial charge in [-0.15, -0.1) is 0 Å². The summed E-state index contributed by atoms with van der Waals surface area (Å²) in [5, 5.41) is 3.35. The lowest BCUT2D eigenvalue weighted by molar-refractivity contribution is -0.913. The van der Waals surface area contributed by atoms with Crippen molar-refractivity contribution < 1.29 is 76.1 Å². The van der Waals surface area contributed by atoms with Crippen LogP contribution >= 0.6 is 0 Å². The molecule has 5 rings (SSSR count). The molecule has 0 radical (unpaired) electrons. The van der Waals surface area contributed by atoms with Crippen LogP contribution in [0.5, 0.6) is 0 Å². The van der Waals surface area contributed by atoms with Gasteiger partial charge in [-0.25, -0.2) is 9.59 Å². The molecule has 5 fully saturated rings. The molecule has 0 unspecified atom stereocenters. The molecule has 0 bridgehead atoms. The summed E-state index contributed by atoms with van der Waals surface area (Å²) in [5.41, 5.74) is -6.93. The molecule has 23 heteroatoms. The fourth-order valence-corrected chi connectivity index (χ4v) is 23.3. The van der Waals surface area contributed by atoms with E-state index < -0.39 is 142 Å². The monoisotopic (exact) mass is 1720 g/mol.